The largest absolute Gasteiger partial charge is 0.480 e. The monoisotopic (exact) mass is 278 g/mol. The number of amides is 1. The van der Waals surface area contributed by atoms with Crippen LogP contribution in [0.5, 0.6) is 0 Å². The average Bonchev–Trinajstić information content (AvgIpc) is 2.33. The first-order valence-corrected chi connectivity index (χ1v) is 6.54. The molecule has 0 unspecified atom stereocenters. The summed E-state index contributed by atoms with van der Waals surface area (Å²) in [7, 11) is 3.78. The minimum Gasteiger partial charge on any atom is -0.480 e. The molecular formula is C15H22N2O3. The summed E-state index contributed by atoms with van der Waals surface area (Å²) in [4.78, 5) is 26.7. The molecule has 0 fully saturated rings. The van der Waals surface area contributed by atoms with Gasteiger partial charge in [-0.3, -0.25) is 9.59 Å². The molecule has 0 atom stereocenters. The highest BCUT2D eigenvalue weighted by atomic mass is 16.4. The van der Waals surface area contributed by atoms with E-state index in [4.69, 9.17) is 5.11 Å². The van der Waals surface area contributed by atoms with Gasteiger partial charge in [-0.15, -0.1) is 0 Å². The van der Waals surface area contributed by atoms with Gasteiger partial charge >= 0.3 is 5.97 Å². The first-order valence-electron chi connectivity index (χ1n) is 6.54. The van der Waals surface area contributed by atoms with Crippen LogP contribution in [-0.2, 0) is 4.79 Å². The van der Waals surface area contributed by atoms with Crippen molar-refractivity contribution in [3.63, 3.8) is 0 Å². The molecule has 0 heterocycles. The number of hydrogen-bond donors (Lipinski definition) is 1. The maximum Gasteiger partial charge on any atom is 0.323 e. The second-order valence-electron chi connectivity index (χ2n) is 5.24. The molecular weight excluding hydrogens is 256 g/mol. The highest BCUT2D eigenvalue weighted by Gasteiger charge is 2.19. The molecule has 0 spiro atoms. The number of benzene rings is 1. The molecule has 1 aromatic rings. The number of carbonyl (C=O) groups excluding carboxylic acids is 1. The molecule has 0 aliphatic rings. The maximum absolute atomic E-state index is 12.5. The van der Waals surface area contributed by atoms with Crippen LogP contribution in [0.4, 0.5) is 0 Å². The molecule has 1 N–H and O–H groups in total. The van der Waals surface area contributed by atoms with Crippen molar-refractivity contribution >= 4 is 11.9 Å². The number of carboxylic acid groups (broad SMARTS) is 1. The van der Waals surface area contributed by atoms with Crippen molar-refractivity contribution in [3.05, 3.63) is 34.9 Å². The zero-order valence-corrected chi connectivity index (χ0v) is 12.5. The van der Waals surface area contributed by atoms with Crippen molar-refractivity contribution < 1.29 is 14.7 Å². The van der Waals surface area contributed by atoms with Gasteiger partial charge in [0, 0.05) is 18.7 Å². The van der Waals surface area contributed by atoms with Crippen LogP contribution in [0.1, 0.15) is 21.5 Å². The van der Waals surface area contributed by atoms with Gasteiger partial charge in [0.15, 0.2) is 0 Å². The molecule has 1 aromatic carbocycles. The fourth-order valence-electron chi connectivity index (χ4n) is 1.96. The van der Waals surface area contributed by atoms with Crippen molar-refractivity contribution in [2.75, 3.05) is 33.7 Å². The molecule has 0 saturated carbocycles. The third-order valence-corrected chi connectivity index (χ3v) is 3.04. The van der Waals surface area contributed by atoms with Gasteiger partial charge in [-0.25, -0.2) is 0 Å². The Labute approximate surface area is 119 Å². The Balaban J connectivity index is 2.93. The number of aryl methyl sites for hydroxylation is 2. The number of carboxylic acids is 1. The Kier molecular flexibility index (Phi) is 5.70. The predicted octanol–water partition coefficient (Wildman–Crippen LogP) is 1.39. The molecule has 1 amide bonds. The highest BCUT2D eigenvalue weighted by molar-refractivity contribution is 5.97. The summed E-state index contributed by atoms with van der Waals surface area (Å²) >= 11 is 0. The van der Waals surface area contributed by atoms with E-state index < -0.39 is 5.97 Å². The van der Waals surface area contributed by atoms with E-state index in [1.165, 1.54) is 4.90 Å². The van der Waals surface area contributed by atoms with Crippen molar-refractivity contribution in [1.29, 1.82) is 0 Å². The summed E-state index contributed by atoms with van der Waals surface area (Å²) in [6.45, 7) is 4.57. The molecule has 1 rings (SSSR count). The standard InChI is InChI=1S/C15H22N2O3/c1-11-5-6-13(12(2)9-11)15(20)17(10-14(18)19)8-7-16(3)4/h5-6,9H,7-8,10H2,1-4H3,(H,18,19). The lowest BCUT2D eigenvalue weighted by molar-refractivity contribution is -0.137. The fourth-order valence-corrected chi connectivity index (χ4v) is 1.96. The summed E-state index contributed by atoms with van der Waals surface area (Å²) in [5, 5.41) is 8.95. The number of nitrogens with zero attached hydrogens (tertiary/aromatic N) is 2. The molecule has 5 nitrogen and oxygen atoms in total. The van der Waals surface area contributed by atoms with Crippen molar-refractivity contribution in [3.8, 4) is 0 Å². The number of carbonyl (C=O) groups is 2. The molecule has 0 saturated heterocycles. The van der Waals surface area contributed by atoms with E-state index in [1.54, 1.807) is 6.07 Å². The Bertz CT molecular complexity index is 498. The van der Waals surface area contributed by atoms with E-state index in [1.807, 2.05) is 45.0 Å². The summed E-state index contributed by atoms with van der Waals surface area (Å²) in [5.74, 6) is -1.23. The molecule has 0 bridgehead atoms. The topological polar surface area (TPSA) is 60.9 Å². The summed E-state index contributed by atoms with van der Waals surface area (Å²) in [6.07, 6.45) is 0. The van der Waals surface area contributed by atoms with Crippen LogP contribution >= 0.6 is 0 Å². The normalized spacial score (nSPS) is 10.7. The first-order chi connectivity index (χ1) is 9.31. The van der Waals surface area contributed by atoms with E-state index in [2.05, 4.69) is 0 Å². The van der Waals surface area contributed by atoms with Crippen LogP contribution in [0.3, 0.4) is 0 Å². The third-order valence-electron chi connectivity index (χ3n) is 3.04. The van der Waals surface area contributed by atoms with Crippen molar-refractivity contribution in [1.82, 2.24) is 9.80 Å². The number of aliphatic carboxylic acids is 1. The van der Waals surface area contributed by atoms with Crippen LogP contribution in [-0.4, -0.2) is 60.5 Å². The van der Waals surface area contributed by atoms with E-state index >= 15 is 0 Å². The van der Waals surface area contributed by atoms with Gasteiger partial charge in [-0.05, 0) is 39.6 Å². The van der Waals surface area contributed by atoms with Crippen LogP contribution in [0.2, 0.25) is 0 Å². The van der Waals surface area contributed by atoms with Gasteiger partial charge in [0.25, 0.3) is 5.91 Å². The van der Waals surface area contributed by atoms with Crippen LogP contribution in [0, 0.1) is 13.8 Å². The van der Waals surface area contributed by atoms with Crippen molar-refractivity contribution in [2.24, 2.45) is 0 Å². The lowest BCUT2D eigenvalue weighted by Crippen LogP contribution is -2.40. The maximum atomic E-state index is 12.5. The minimum absolute atomic E-state index is 0.230. The molecule has 110 valence electrons. The van der Waals surface area contributed by atoms with E-state index in [-0.39, 0.29) is 12.5 Å². The smallest absolute Gasteiger partial charge is 0.323 e. The zero-order chi connectivity index (χ0) is 15.3. The second-order valence-corrected chi connectivity index (χ2v) is 5.24. The molecule has 20 heavy (non-hydrogen) atoms. The van der Waals surface area contributed by atoms with Gasteiger partial charge in [0.2, 0.25) is 0 Å². The van der Waals surface area contributed by atoms with E-state index in [0.717, 1.165) is 11.1 Å². The van der Waals surface area contributed by atoms with E-state index in [0.29, 0.717) is 18.7 Å². The van der Waals surface area contributed by atoms with Gasteiger partial charge in [-0.1, -0.05) is 17.7 Å². The summed E-state index contributed by atoms with van der Waals surface area (Å²) < 4.78 is 0. The van der Waals surface area contributed by atoms with Crippen LogP contribution in [0.15, 0.2) is 18.2 Å². The lowest BCUT2D eigenvalue weighted by atomic mass is 10.0. The lowest BCUT2D eigenvalue weighted by Gasteiger charge is -2.23. The summed E-state index contributed by atoms with van der Waals surface area (Å²) in [5.41, 5.74) is 2.52. The molecule has 0 aromatic heterocycles. The third kappa shape index (κ3) is 4.66. The minimum atomic E-state index is -0.998. The number of hydrogen-bond acceptors (Lipinski definition) is 3. The Morgan fingerprint density at radius 2 is 1.80 bits per heavy atom. The molecule has 0 aliphatic carbocycles. The second kappa shape index (κ2) is 7.05. The molecule has 0 aliphatic heterocycles. The van der Waals surface area contributed by atoms with Crippen molar-refractivity contribution in [2.45, 2.75) is 13.8 Å². The fraction of sp³-hybridized carbons (Fsp3) is 0.467. The van der Waals surface area contributed by atoms with Gasteiger partial charge in [0.1, 0.15) is 6.54 Å². The summed E-state index contributed by atoms with van der Waals surface area (Å²) in [6, 6.07) is 5.56. The van der Waals surface area contributed by atoms with Gasteiger partial charge < -0.3 is 14.9 Å². The first kappa shape index (κ1) is 16.2. The Morgan fingerprint density at radius 3 is 2.30 bits per heavy atom. The van der Waals surface area contributed by atoms with Crippen LogP contribution in [0.25, 0.3) is 0 Å². The zero-order valence-electron chi connectivity index (χ0n) is 12.5. The number of rotatable bonds is 6. The highest BCUT2D eigenvalue weighted by Crippen LogP contribution is 2.13. The predicted molar refractivity (Wildman–Crippen MR) is 78.0 cm³/mol. The van der Waals surface area contributed by atoms with Gasteiger partial charge in [0.05, 0.1) is 0 Å². The number of likely N-dealkylation sites (N-methyl/N-ethyl adjacent to an activating group) is 1. The molecule has 5 heteroatoms. The van der Waals surface area contributed by atoms with Crippen LogP contribution < -0.4 is 0 Å². The molecule has 0 radical (unpaired) electrons. The SMILES string of the molecule is Cc1ccc(C(=O)N(CCN(C)C)CC(=O)O)c(C)c1. The average molecular weight is 278 g/mol. The van der Waals surface area contributed by atoms with E-state index in [9.17, 15) is 9.59 Å². The Hall–Kier alpha value is -1.88. The van der Waals surface area contributed by atoms with Gasteiger partial charge in [-0.2, -0.15) is 0 Å². The Morgan fingerprint density at radius 1 is 1.15 bits per heavy atom. The quantitative estimate of drug-likeness (QED) is 0.854.